The van der Waals surface area contributed by atoms with Crippen LogP contribution in [0.3, 0.4) is 0 Å². The van der Waals surface area contributed by atoms with Crippen molar-refractivity contribution in [1.82, 2.24) is 0 Å². The van der Waals surface area contributed by atoms with Gasteiger partial charge in [0.1, 0.15) is 6.04 Å². The maximum Gasteiger partial charge on any atom is 0.279 e. The molecule has 5 heteroatoms. The van der Waals surface area contributed by atoms with Gasteiger partial charge in [0.2, 0.25) is 0 Å². The number of thioether (sulfide) groups is 1. The van der Waals surface area contributed by atoms with Crippen LogP contribution in [0.4, 0.5) is 5.69 Å². The molecule has 1 amide bonds. The molecule has 3 N–H and O–H groups in total. The van der Waals surface area contributed by atoms with Gasteiger partial charge in [-0.3, -0.25) is 4.79 Å². The number of aryl methyl sites for hydroxylation is 1. The molecular formula is C22H28N3OS+. The molecule has 2 aromatic carbocycles. The minimum atomic E-state index is -0.0316. The van der Waals surface area contributed by atoms with Crippen LogP contribution < -0.4 is 10.6 Å². The zero-order chi connectivity index (χ0) is 19.6. The minimum absolute atomic E-state index is 0.0316. The summed E-state index contributed by atoms with van der Waals surface area (Å²) in [5.74, 6) is 0.752. The molecular weight excluding hydrogens is 354 g/mol. The Morgan fingerprint density at radius 2 is 1.89 bits per heavy atom. The molecule has 0 heterocycles. The normalized spacial score (nSPS) is 11.8. The van der Waals surface area contributed by atoms with Crippen molar-refractivity contribution in [2.45, 2.75) is 38.1 Å². The van der Waals surface area contributed by atoms with Crippen LogP contribution in [0.15, 0.2) is 53.4 Å². The smallest absolute Gasteiger partial charge is 0.279 e. The van der Waals surface area contributed by atoms with Crippen molar-refractivity contribution in [3.8, 4) is 6.07 Å². The second-order valence-electron chi connectivity index (χ2n) is 6.80. The van der Waals surface area contributed by atoms with E-state index in [1.165, 1.54) is 22.9 Å². The maximum absolute atomic E-state index is 12.5. The lowest BCUT2D eigenvalue weighted by Crippen LogP contribution is -2.88. The Kier molecular flexibility index (Phi) is 8.38. The van der Waals surface area contributed by atoms with Gasteiger partial charge in [0.05, 0.1) is 17.5 Å². The SMILES string of the molecule is CCc1ccc([C@@H]([NH2+]CC(=O)Nc2ccccc2SCC#N)C(C)C)cc1. The first-order valence-electron chi connectivity index (χ1n) is 9.36. The summed E-state index contributed by atoms with van der Waals surface area (Å²) in [6.07, 6.45) is 1.03. The van der Waals surface area contributed by atoms with E-state index in [1.807, 2.05) is 24.3 Å². The molecule has 27 heavy (non-hydrogen) atoms. The first-order valence-corrected chi connectivity index (χ1v) is 10.3. The van der Waals surface area contributed by atoms with E-state index < -0.39 is 0 Å². The molecule has 0 aliphatic rings. The number of carbonyl (C=O) groups is 1. The number of hydrogen-bond acceptors (Lipinski definition) is 3. The van der Waals surface area contributed by atoms with Crippen LogP contribution in [0.25, 0.3) is 0 Å². The van der Waals surface area contributed by atoms with Crippen molar-refractivity contribution >= 4 is 23.4 Å². The molecule has 0 aliphatic heterocycles. The average molecular weight is 383 g/mol. The molecule has 0 saturated carbocycles. The summed E-state index contributed by atoms with van der Waals surface area (Å²) in [5, 5.41) is 13.9. The van der Waals surface area contributed by atoms with E-state index in [-0.39, 0.29) is 11.9 Å². The summed E-state index contributed by atoms with van der Waals surface area (Å²) in [7, 11) is 0. The predicted octanol–water partition coefficient (Wildman–Crippen LogP) is 3.76. The number of nitriles is 1. The highest BCUT2D eigenvalue weighted by molar-refractivity contribution is 7.99. The first-order chi connectivity index (χ1) is 13.0. The van der Waals surface area contributed by atoms with E-state index in [4.69, 9.17) is 5.26 Å². The molecule has 1 atom stereocenters. The van der Waals surface area contributed by atoms with Gasteiger partial charge in [-0.2, -0.15) is 5.26 Å². The number of amides is 1. The third kappa shape index (κ3) is 6.42. The first kappa shape index (κ1) is 21.0. The van der Waals surface area contributed by atoms with Gasteiger partial charge >= 0.3 is 0 Å². The molecule has 0 bridgehead atoms. The summed E-state index contributed by atoms with van der Waals surface area (Å²) >= 11 is 1.43. The van der Waals surface area contributed by atoms with Crippen LogP contribution in [0.1, 0.15) is 37.9 Å². The highest BCUT2D eigenvalue weighted by Crippen LogP contribution is 2.26. The van der Waals surface area contributed by atoms with Crippen LogP contribution in [-0.4, -0.2) is 18.2 Å². The number of rotatable bonds is 9. The zero-order valence-electron chi connectivity index (χ0n) is 16.2. The van der Waals surface area contributed by atoms with Crippen LogP contribution in [0.5, 0.6) is 0 Å². The number of quaternary nitrogens is 1. The lowest BCUT2D eigenvalue weighted by atomic mass is 9.95. The largest absolute Gasteiger partial charge is 0.332 e. The van der Waals surface area contributed by atoms with Crippen LogP contribution in [0.2, 0.25) is 0 Å². The van der Waals surface area contributed by atoms with Crippen molar-refractivity contribution in [3.63, 3.8) is 0 Å². The summed E-state index contributed by atoms with van der Waals surface area (Å²) in [6, 6.07) is 18.6. The quantitative estimate of drug-likeness (QED) is 0.649. The fourth-order valence-electron chi connectivity index (χ4n) is 3.01. The highest BCUT2D eigenvalue weighted by Gasteiger charge is 2.20. The van der Waals surface area contributed by atoms with Crippen molar-refractivity contribution in [3.05, 3.63) is 59.7 Å². The van der Waals surface area contributed by atoms with Crippen molar-refractivity contribution < 1.29 is 10.1 Å². The minimum Gasteiger partial charge on any atom is -0.332 e. The van der Waals surface area contributed by atoms with E-state index >= 15 is 0 Å². The number of carbonyl (C=O) groups excluding carboxylic acids is 1. The molecule has 0 aromatic heterocycles. The lowest BCUT2D eigenvalue weighted by Gasteiger charge is -2.20. The molecule has 2 rings (SSSR count). The predicted molar refractivity (Wildman–Crippen MR) is 112 cm³/mol. The molecule has 0 radical (unpaired) electrons. The molecule has 0 unspecified atom stereocenters. The summed E-state index contributed by atoms with van der Waals surface area (Å²) in [5.41, 5.74) is 3.34. The van der Waals surface area contributed by atoms with Crippen LogP contribution in [0, 0.1) is 17.2 Å². The van der Waals surface area contributed by atoms with Gasteiger partial charge in [-0.05, 0) is 24.1 Å². The van der Waals surface area contributed by atoms with Gasteiger partial charge in [0.25, 0.3) is 5.91 Å². The third-order valence-corrected chi connectivity index (χ3v) is 5.44. The Balaban J connectivity index is 1.99. The zero-order valence-corrected chi connectivity index (χ0v) is 17.1. The Labute approximate surface area is 166 Å². The van der Waals surface area contributed by atoms with E-state index in [9.17, 15) is 4.79 Å². The fraction of sp³-hybridized carbons (Fsp3) is 0.364. The highest BCUT2D eigenvalue weighted by atomic mass is 32.2. The molecule has 2 aromatic rings. The number of para-hydroxylation sites is 1. The van der Waals surface area contributed by atoms with E-state index in [1.54, 1.807) is 0 Å². The maximum atomic E-state index is 12.5. The molecule has 4 nitrogen and oxygen atoms in total. The molecule has 0 aliphatic carbocycles. The van der Waals surface area contributed by atoms with Crippen molar-refractivity contribution in [1.29, 1.82) is 5.26 Å². The van der Waals surface area contributed by atoms with Crippen molar-refractivity contribution in [2.24, 2.45) is 5.92 Å². The average Bonchev–Trinajstić information content (AvgIpc) is 2.67. The fourth-order valence-corrected chi connectivity index (χ4v) is 3.68. The van der Waals surface area contributed by atoms with Gasteiger partial charge < -0.3 is 10.6 Å². The van der Waals surface area contributed by atoms with E-state index in [2.05, 4.69) is 61.7 Å². The third-order valence-electron chi connectivity index (χ3n) is 4.50. The molecule has 142 valence electrons. The number of hydrogen-bond donors (Lipinski definition) is 2. The van der Waals surface area contributed by atoms with Gasteiger partial charge in [-0.25, -0.2) is 0 Å². The Hall–Kier alpha value is -2.29. The number of nitrogens with one attached hydrogen (secondary N) is 1. The number of nitrogens with zero attached hydrogens (tertiary/aromatic N) is 1. The van der Waals surface area contributed by atoms with Gasteiger partial charge in [0.15, 0.2) is 6.54 Å². The number of nitrogens with two attached hydrogens (primary N) is 1. The summed E-state index contributed by atoms with van der Waals surface area (Å²) < 4.78 is 0. The topological polar surface area (TPSA) is 69.5 Å². The molecule has 0 fully saturated rings. The van der Waals surface area contributed by atoms with Gasteiger partial charge in [0, 0.05) is 16.4 Å². The Morgan fingerprint density at radius 3 is 2.52 bits per heavy atom. The second kappa shape index (κ2) is 10.8. The second-order valence-corrected chi connectivity index (χ2v) is 7.81. The van der Waals surface area contributed by atoms with Crippen LogP contribution in [-0.2, 0) is 11.2 Å². The van der Waals surface area contributed by atoms with Gasteiger partial charge in [-0.1, -0.05) is 57.2 Å². The Bertz CT molecular complexity index is 781. The van der Waals surface area contributed by atoms with Crippen molar-refractivity contribution in [2.75, 3.05) is 17.6 Å². The molecule has 0 saturated heterocycles. The summed E-state index contributed by atoms with van der Waals surface area (Å²) in [4.78, 5) is 13.4. The van der Waals surface area contributed by atoms with E-state index in [0.29, 0.717) is 18.2 Å². The molecule has 0 spiro atoms. The van der Waals surface area contributed by atoms with Crippen LogP contribution >= 0.6 is 11.8 Å². The summed E-state index contributed by atoms with van der Waals surface area (Å²) in [6.45, 7) is 6.87. The number of benzene rings is 2. The number of anilines is 1. The Morgan fingerprint density at radius 1 is 1.19 bits per heavy atom. The lowest BCUT2D eigenvalue weighted by molar-refractivity contribution is -0.692. The standard InChI is InChI=1S/C22H27N3OS/c1-4-17-9-11-18(12-10-17)22(16(2)3)24-15-21(26)25-19-7-5-6-8-20(19)27-14-13-23/h5-12,16,22,24H,4,14-15H2,1-3H3,(H,25,26)/p+1/t22-/m0/s1. The monoisotopic (exact) mass is 382 g/mol. The van der Waals surface area contributed by atoms with E-state index in [0.717, 1.165) is 17.0 Å². The van der Waals surface area contributed by atoms with Gasteiger partial charge in [-0.15, -0.1) is 11.8 Å².